The van der Waals surface area contributed by atoms with Gasteiger partial charge in [-0.15, -0.1) is 0 Å². The second-order valence-corrected chi connectivity index (χ2v) is 9.13. The van der Waals surface area contributed by atoms with Crippen LogP contribution in [0.1, 0.15) is 61.0 Å². The maximum Gasteiger partial charge on any atom is 0.253 e. The maximum absolute atomic E-state index is 12.8. The lowest BCUT2D eigenvalue weighted by molar-refractivity contribution is -0.121. The number of carbonyl (C=O) groups excluding carboxylic acids is 2. The molecule has 0 aromatic heterocycles. The van der Waals surface area contributed by atoms with Crippen LogP contribution in [0.4, 0.5) is 0 Å². The van der Waals surface area contributed by atoms with E-state index in [9.17, 15) is 9.59 Å². The molecule has 0 aliphatic carbocycles. The highest BCUT2D eigenvalue weighted by atomic mass is 35.5. The Morgan fingerprint density at radius 1 is 1.09 bits per heavy atom. The molecule has 1 heterocycles. The van der Waals surface area contributed by atoms with Crippen molar-refractivity contribution in [2.24, 2.45) is 5.92 Å². The van der Waals surface area contributed by atoms with E-state index in [0.717, 1.165) is 30.9 Å². The van der Waals surface area contributed by atoms with Crippen LogP contribution in [0.2, 0.25) is 5.02 Å². The summed E-state index contributed by atoms with van der Waals surface area (Å²) in [5.41, 5.74) is 1.30. The van der Waals surface area contributed by atoms with Crippen LogP contribution in [0.15, 0.2) is 54.6 Å². The van der Waals surface area contributed by atoms with Gasteiger partial charge in [0.25, 0.3) is 5.91 Å². The average Bonchev–Trinajstić information content (AvgIpc) is 2.79. The molecule has 1 saturated heterocycles. The van der Waals surface area contributed by atoms with Gasteiger partial charge in [0.05, 0.1) is 23.0 Å². The van der Waals surface area contributed by atoms with Gasteiger partial charge in [-0.25, -0.2) is 0 Å². The average molecular weight is 456 g/mol. The van der Waals surface area contributed by atoms with Crippen molar-refractivity contribution in [2.75, 3.05) is 26.2 Å². The highest BCUT2D eigenvalue weighted by Crippen LogP contribution is 2.20. The quantitative estimate of drug-likeness (QED) is 0.504. The van der Waals surface area contributed by atoms with Gasteiger partial charge >= 0.3 is 0 Å². The van der Waals surface area contributed by atoms with Gasteiger partial charge in [-0.1, -0.05) is 61.0 Å². The first-order valence-electron chi connectivity index (χ1n) is 11.6. The molecule has 1 fully saturated rings. The fourth-order valence-corrected chi connectivity index (χ4v) is 4.48. The summed E-state index contributed by atoms with van der Waals surface area (Å²) in [4.78, 5) is 27.9. The molecule has 2 atom stereocenters. The summed E-state index contributed by atoms with van der Waals surface area (Å²) in [5, 5.41) is 6.39. The number of piperidine rings is 1. The van der Waals surface area contributed by atoms with Gasteiger partial charge in [-0.3, -0.25) is 9.59 Å². The molecule has 172 valence electrons. The van der Waals surface area contributed by atoms with Crippen LogP contribution in [0, 0.1) is 5.92 Å². The Morgan fingerprint density at radius 3 is 2.59 bits per heavy atom. The molecule has 1 aliphatic rings. The smallest absolute Gasteiger partial charge is 0.253 e. The highest BCUT2D eigenvalue weighted by Gasteiger charge is 2.20. The van der Waals surface area contributed by atoms with Gasteiger partial charge in [0.2, 0.25) is 5.91 Å². The first kappa shape index (κ1) is 24.3. The number of rotatable bonds is 10. The first-order chi connectivity index (χ1) is 15.5. The SMILES string of the molecule is CC1CCCN(CCCCNC(=O)CC(NC(=O)c2ccccc2Cl)c2ccccc2)C1. The number of unbranched alkanes of at least 4 members (excludes halogenated alkanes) is 1. The van der Waals surface area contributed by atoms with Gasteiger partial charge in [0.15, 0.2) is 0 Å². The number of benzene rings is 2. The Balaban J connectivity index is 1.48. The summed E-state index contributed by atoms with van der Waals surface area (Å²) in [7, 11) is 0. The van der Waals surface area contributed by atoms with E-state index in [-0.39, 0.29) is 18.2 Å². The van der Waals surface area contributed by atoms with Crippen molar-refractivity contribution in [2.45, 2.75) is 45.1 Å². The Bertz CT molecular complexity index is 874. The van der Waals surface area contributed by atoms with Gasteiger partial charge in [-0.05, 0) is 62.4 Å². The number of carbonyl (C=O) groups is 2. The number of halogens is 1. The number of nitrogens with zero attached hydrogens (tertiary/aromatic N) is 1. The molecule has 3 rings (SSSR count). The van der Waals surface area contributed by atoms with Gasteiger partial charge < -0.3 is 15.5 Å². The molecule has 0 saturated carbocycles. The largest absolute Gasteiger partial charge is 0.356 e. The molecule has 2 amide bonds. The van der Waals surface area contributed by atoms with E-state index in [0.29, 0.717) is 17.1 Å². The lowest BCUT2D eigenvalue weighted by Crippen LogP contribution is -2.36. The van der Waals surface area contributed by atoms with Crippen LogP contribution < -0.4 is 10.6 Å². The Morgan fingerprint density at radius 2 is 1.84 bits per heavy atom. The van der Waals surface area contributed by atoms with Crippen LogP contribution in [-0.4, -0.2) is 42.9 Å². The molecule has 2 unspecified atom stereocenters. The van der Waals surface area contributed by atoms with Crippen LogP contribution in [0.3, 0.4) is 0 Å². The second kappa shape index (κ2) is 12.6. The van der Waals surface area contributed by atoms with Crippen molar-refractivity contribution in [3.63, 3.8) is 0 Å². The summed E-state index contributed by atoms with van der Waals surface area (Å²) < 4.78 is 0. The fraction of sp³-hybridized carbons (Fsp3) is 0.462. The summed E-state index contributed by atoms with van der Waals surface area (Å²) in [6, 6.07) is 16.1. The first-order valence-corrected chi connectivity index (χ1v) is 12.0. The van der Waals surface area contributed by atoms with Crippen molar-refractivity contribution in [1.82, 2.24) is 15.5 Å². The molecule has 1 aliphatic heterocycles. The molecule has 0 spiro atoms. The molecule has 2 aromatic carbocycles. The molecule has 2 N–H and O–H groups in total. The Labute approximate surface area is 196 Å². The van der Waals surface area contributed by atoms with Crippen LogP contribution in [-0.2, 0) is 4.79 Å². The number of nitrogens with one attached hydrogen (secondary N) is 2. The lowest BCUT2D eigenvalue weighted by atomic mass is 10.0. The molecule has 2 aromatic rings. The number of amides is 2. The summed E-state index contributed by atoms with van der Waals surface area (Å²) in [6.07, 6.45) is 4.85. The molecular formula is C26H34ClN3O2. The van der Waals surface area contributed by atoms with Crippen LogP contribution in [0.5, 0.6) is 0 Å². The minimum absolute atomic E-state index is 0.0649. The second-order valence-electron chi connectivity index (χ2n) is 8.73. The normalized spacial score (nSPS) is 17.5. The summed E-state index contributed by atoms with van der Waals surface area (Å²) in [5.74, 6) is 0.442. The van der Waals surface area contributed by atoms with Crippen molar-refractivity contribution >= 4 is 23.4 Å². The van der Waals surface area contributed by atoms with Crippen molar-refractivity contribution in [1.29, 1.82) is 0 Å². The molecule has 0 radical (unpaired) electrons. The van der Waals surface area contributed by atoms with E-state index < -0.39 is 6.04 Å². The molecule has 5 nitrogen and oxygen atoms in total. The fourth-order valence-electron chi connectivity index (χ4n) is 4.25. The molecule has 0 bridgehead atoms. The van der Waals surface area contributed by atoms with Gasteiger partial charge in [0, 0.05) is 13.1 Å². The van der Waals surface area contributed by atoms with E-state index in [1.165, 1.54) is 25.9 Å². The zero-order valence-electron chi connectivity index (χ0n) is 18.9. The third-order valence-electron chi connectivity index (χ3n) is 5.98. The molecule has 6 heteroatoms. The van der Waals surface area contributed by atoms with Crippen molar-refractivity contribution < 1.29 is 9.59 Å². The maximum atomic E-state index is 12.8. The van der Waals surface area contributed by atoms with E-state index in [1.54, 1.807) is 24.3 Å². The predicted molar refractivity (Wildman–Crippen MR) is 130 cm³/mol. The van der Waals surface area contributed by atoms with Crippen molar-refractivity contribution in [3.05, 3.63) is 70.7 Å². The van der Waals surface area contributed by atoms with Gasteiger partial charge in [0.1, 0.15) is 0 Å². The number of hydrogen-bond donors (Lipinski definition) is 2. The van der Waals surface area contributed by atoms with E-state index in [4.69, 9.17) is 11.6 Å². The minimum atomic E-state index is -0.421. The van der Waals surface area contributed by atoms with E-state index in [1.807, 2.05) is 30.3 Å². The standard InChI is InChI=1S/C26H34ClN3O2/c1-20-10-9-17-30(19-20)16-8-7-15-28-25(31)18-24(21-11-3-2-4-12-21)29-26(32)22-13-5-6-14-23(22)27/h2-6,11-14,20,24H,7-10,15-19H2,1H3,(H,28,31)(H,29,32). The number of hydrogen-bond acceptors (Lipinski definition) is 3. The topological polar surface area (TPSA) is 61.4 Å². The zero-order valence-corrected chi connectivity index (χ0v) is 19.6. The van der Waals surface area contributed by atoms with Crippen LogP contribution in [0.25, 0.3) is 0 Å². The zero-order chi connectivity index (χ0) is 22.8. The van der Waals surface area contributed by atoms with E-state index in [2.05, 4.69) is 22.5 Å². The van der Waals surface area contributed by atoms with Crippen LogP contribution >= 0.6 is 11.6 Å². The Hall–Kier alpha value is -2.37. The van der Waals surface area contributed by atoms with Crippen molar-refractivity contribution in [3.8, 4) is 0 Å². The Kier molecular flexibility index (Phi) is 9.57. The minimum Gasteiger partial charge on any atom is -0.356 e. The molecular weight excluding hydrogens is 422 g/mol. The summed E-state index contributed by atoms with van der Waals surface area (Å²) in [6.45, 7) is 6.46. The highest BCUT2D eigenvalue weighted by molar-refractivity contribution is 6.33. The summed E-state index contributed by atoms with van der Waals surface area (Å²) >= 11 is 6.17. The predicted octanol–water partition coefficient (Wildman–Crippen LogP) is 4.83. The monoisotopic (exact) mass is 455 g/mol. The van der Waals surface area contributed by atoms with Gasteiger partial charge in [-0.2, -0.15) is 0 Å². The number of likely N-dealkylation sites (tertiary alicyclic amines) is 1. The lowest BCUT2D eigenvalue weighted by Gasteiger charge is -2.30. The third kappa shape index (κ3) is 7.64. The third-order valence-corrected chi connectivity index (χ3v) is 6.31. The molecule has 32 heavy (non-hydrogen) atoms. The van der Waals surface area contributed by atoms with E-state index >= 15 is 0 Å².